The molecule has 1 aromatic rings. The first-order chi connectivity index (χ1) is 18.2. The molecule has 2 saturated heterocycles. The zero-order valence-electron chi connectivity index (χ0n) is 24.4. The number of esters is 1. The van der Waals surface area contributed by atoms with Gasteiger partial charge in [-0.2, -0.15) is 0 Å². The fraction of sp³-hybridized carbons (Fsp3) is 0.690. The molecule has 4 rings (SSSR count). The van der Waals surface area contributed by atoms with Gasteiger partial charge in [-0.3, -0.25) is 14.4 Å². The second kappa shape index (κ2) is 15.2. The molecule has 0 bridgehead atoms. The Hall–Kier alpha value is -2.07. The second-order valence-electron chi connectivity index (χ2n) is 11.4. The number of likely N-dealkylation sites (N-methyl/N-ethyl adjacent to an activating group) is 2. The summed E-state index contributed by atoms with van der Waals surface area (Å²) < 4.78 is 11.7. The molecule has 0 aliphatic carbocycles. The predicted molar refractivity (Wildman–Crippen MR) is 159 cm³/mol. The van der Waals surface area contributed by atoms with E-state index in [4.69, 9.17) is 9.47 Å². The molecule has 1 aromatic carbocycles. The van der Waals surface area contributed by atoms with Crippen molar-refractivity contribution >= 4 is 42.6 Å². The molecule has 3 aliphatic rings. The molecule has 2 amide bonds. The molecule has 1 unspecified atom stereocenters. The average molecular weight is 602 g/mol. The number of piperidine rings is 2. The van der Waals surface area contributed by atoms with Gasteiger partial charge in [0.25, 0.3) is 0 Å². The Balaban J connectivity index is 0.00000280. The predicted octanol–water partition coefficient (Wildman–Crippen LogP) is 3.01. The fourth-order valence-corrected chi connectivity index (χ4v) is 5.89. The minimum absolute atomic E-state index is 0. The highest BCUT2D eigenvalue weighted by molar-refractivity contribution is 5.89. The Morgan fingerprint density at radius 1 is 1.02 bits per heavy atom. The standard InChI is InChI=1S/C29H44N4O5.2ClH/c1-5-37-28(36)29(21-38-24-10-9-22-11-15-31(4)19-23(22)18-24)12-16-32(17-13-29)27(35)25-8-6-7-14-33(25)26(34)20-30(2)3;;/h9-10,18,25H,5-8,11-17,19-21H2,1-4H3;2*1H. The van der Waals surface area contributed by atoms with Gasteiger partial charge in [0.1, 0.15) is 23.8 Å². The highest BCUT2D eigenvalue weighted by Gasteiger charge is 2.46. The molecular weight excluding hydrogens is 555 g/mol. The highest BCUT2D eigenvalue weighted by Crippen LogP contribution is 2.35. The van der Waals surface area contributed by atoms with Crippen molar-refractivity contribution in [3.63, 3.8) is 0 Å². The van der Waals surface area contributed by atoms with E-state index < -0.39 is 11.5 Å². The number of ether oxygens (including phenoxy) is 2. The number of hydrogen-bond acceptors (Lipinski definition) is 7. The van der Waals surface area contributed by atoms with E-state index in [1.165, 1.54) is 11.1 Å². The Labute approximate surface area is 251 Å². The van der Waals surface area contributed by atoms with Crippen LogP contribution in [0.5, 0.6) is 5.75 Å². The molecule has 226 valence electrons. The molecule has 1 atom stereocenters. The van der Waals surface area contributed by atoms with Crippen molar-refractivity contribution in [2.75, 3.05) is 67.1 Å². The zero-order chi connectivity index (χ0) is 27.3. The second-order valence-corrected chi connectivity index (χ2v) is 11.4. The van der Waals surface area contributed by atoms with Crippen molar-refractivity contribution in [3.8, 4) is 5.75 Å². The van der Waals surface area contributed by atoms with Crippen LogP contribution in [-0.2, 0) is 32.1 Å². The van der Waals surface area contributed by atoms with Crippen molar-refractivity contribution in [1.29, 1.82) is 0 Å². The van der Waals surface area contributed by atoms with Gasteiger partial charge >= 0.3 is 5.97 Å². The van der Waals surface area contributed by atoms with E-state index in [1.807, 2.05) is 36.9 Å². The van der Waals surface area contributed by atoms with Crippen LogP contribution in [0.1, 0.15) is 50.2 Å². The molecule has 11 heteroatoms. The van der Waals surface area contributed by atoms with E-state index in [0.717, 1.165) is 38.1 Å². The van der Waals surface area contributed by atoms with Gasteiger partial charge < -0.3 is 29.1 Å². The largest absolute Gasteiger partial charge is 0.492 e. The summed E-state index contributed by atoms with van der Waals surface area (Å²) in [5, 5.41) is 0. The first-order valence-electron chi connectivity index (χ1n) is 14.1. The lowest BCUT2D eigenvalue weighted by Gasteiger charge is -2.43. The number of halogens is 2. The third kappa shape index (κ3) is 8.02. The zero-order valence-corrected chi connectivity index (χ0v) is 26.0. The number of hydrogen-bond donors (Lipinski definition) is 0. The maximum absolute atomic E-state index is 13.6. The van der Waals surface area contributed by atoms with Gasteiger partial charge in [-0.1, -0.05) is 6.07 Å². The Morgan fingerprint density at radius 3 is 2.42 bits per heavy atom. The lowest BCUT2D eigenvalue weighted by Crippen LogP contribution is -2.57. The van der Waals surface area contributed by atoms with Crippen molar-refractivity contribution in [2.45, 2.75) is 58.0 Å². The van der Waals surface area contributed by atoms with Crippen LogP contribution >= 0.6 is 24.8 Å². The summed E-state index contributed by atoms with van der Waals surface area (Å²) in [6, 6.07) is 5.79. The van der Waals surface area contributed by atoms with Crippen molar-refractivity contribution in [3.05, 3.63) is 29.3 Å². The van der Waals surface area contributed by atoms with Crippen LogP contribution in [0.4, 0.5) is 0 Å². The van der Waals surface area contributed by atoms with E-state index >= 15 is 0 Å². The third-order valence-corrected chi connectivity index (χ3v) is 8.20. The number of fused-ring (bicyclic) bond motifs is 1. The van der Waals surface area contributed by atoms with Crippen LogP contribution in [0.25, 0.3) is 0 Å². The van der Waals surface area contributed by atoms with E-state index in [1.54, 1.807) is 4.90 Å². The van der Waals surface area contributed by atoms with Gasteiger partial charge in [0.2, 0.25) is 11.8 Å². The summed E-state index contributed by atoms with van der Waals surface area (Å²) in [5.74, 6) is 0.494. The number of rotatable bonds is 8. The summed E-state index contributed by atoms with van der Waals surface area (Å²) in [6.07, 6.45) is 4.53. The Morgan fingerprint density at radius 2 is 1.75 bits per heavy atom. The maximum atomic E-state index is 13.6. The monoisotopic (exact) mass is 600 g/mol. The highest BCUT2D eigenvalue weighted by atomic mass is 35.5. The van der Waals surface area contributed by atoms with Crippen molar-refractivity contribution in [2.24, 2.45) is 5.41 Å². The van der Waals surface area contributed by atoms with E-state index in [2.05, 4.69) is 24.1 Å². The van der Waals surface area contributed by atoms with Gasteiger partial charge in [-0.25, -0.2) is 0 Å². The number of amides is 2. The van der Waals surface area contributed by atoms with Gasteiger partial charge in [0.15, 0.2) is 0 Å². The number of carbonyl (C=O) groups is 3. The van der Waals surface area contributed by atoms with Crippen molar-refractivity contribution < 1.29 is 23.9 Å². The van der Waals surface area contributed by atoms with Crippen LogP contribution in [0, 0.1) is 5.41 Å². The molecule has 40 heavy (non-hydrogen) atoms. The van der Waals surface area contributed by atoms with Crippen LogP contribution in [-0.4, -0.2) is 111 Å². The Bertz CT molecular complexity index is 1020. The first kappa shape index (κ1) is 34.1. The number of carbonyl (C=O) groups excluding carboxylic acids is 3. The topological polar surface area (TPSA) is 82.6 Å². The molecule has 3 aliphatic heterocycles. The third-order valence-electron chi connectivity index (χ3n) is 8.20. The van der Waals surface area contributed by atoms with Crippen LogP contribution in [0.3, 0.4) is 0 Å². The molecule has 3 heterocycles. The maximum Gasteiger partial charge on any atom is 0.315 e. The van der Waals surface area contributed by atoms with Gasteiger partial charge in [-0.05, 0) is 89.9 Å². The number of nitrogens with zero attached hydrogens (tertiary/aromatic N) is 4. The first-order valence-corrected chi connectivity index (χ1v) is 14.1. The summed E-state index contributed by atoms with van der Waals surface area (Å²) >= 11 is 0. The molecule has 0 radical (unpaired) electrons. The minimum atomic E-state index is -0.799. The lowest BCUT2D eigenvalue weighted by atomic mass is 9.78. The Kier molecular flexibility index (Phi) is 13.0. The molecule has 0 saturated carbocycles. The van der Waals surface area contributed by atoms with Gasteiger partial charge in [-0.15, -0.1) is 24.8 Å². The quantitative estimate of drug-likeness (QED) is 0.424. The summed E-state index contributed by atoms with van der Waals surface area (Å²) in [6.45, 7) is 6.09. The summed E-state index contributed by atoms with van der Waals surface area (Å²) in [4.78, 5) is 47.3. The van der Waals surface area contributed by atoms with Gasteiger partial charge in [0.05, 0.1) is 13.2 Å². The van der Waals surface area contributed by atoms with E-state index in [0.29, 0.717) is 52.0 Å². The molecular formula is C29H46Cl2N4O5. The van der Waals surface area contributed by atoms with Crippen molar-refractivity contribution in [1.82, 2.24) is 19.6 Å². The lowest BCUT2D eigenvalue weighted by molar-refractivity contribution is -0.163. The average Bonchev–Trinajstić information content (AvgIpc) is 2.91. The van der Waals surface area contributed by atoms with Crippen LogP contribution in [0.15, 0.2) is 18.2 Å². The van der Waals surface area contributed by atoms with E-state index in [9.17, 15) is 14.4 Å². The smallest absolute Gasteiger partial charge is 0.315 e. The molecule has 0 aromatic heterocycles. The van der Waals surface area contributed by atoms with Crippen LogP contribution in [0.2, 0.25) is 0 Å². The SMILES string of the molecule is CCOC(=O)C1(COc2ccc3c(c2)CN(C)CC3)CCN(C(=O)C2CCCCN2C(=O)CN(C)C)CC1.Cl.Cl. The van der Waals surface area contributed by atoms with E-state index in [-0.39, 0.29) is 49.2 Å². The normalized spacial score (nSPS) is 20.6. The fourth-order valence-electron chi connectivity index (χ4n) is 5.89. The molecule has 9 nitrogen and oxygen atoms in total. The number of benzene rings is 1. The molecule has 2 fully saturated rings. The summed E-state index contributed by atoms with van der Waals surface area (Å²) in [7, 11) is 5.85. The number of likely N-dealkylation sites (tertiary alicyclic amines) is 2. The summed E-state index contributed by atoms with van der Waals surface area (Å²) in [5.41, 5.74) is 1.82. The molecule has 0 spiro atoms. The van der Waals surface area contributed by atoms with Gasteiger partial charge in [0, 0.05) is 32.7 Å². The molecule has 0 N–H and O–H groups in total. The minimum Gasteiger partial charge on any atom is -0.492 e. The van der Waals surface area contributed by atoms with Crippen LogP contribution < -0.4 is 4.74 Å².